The van der Waals surface area contributed by atoms with Crippen LogP contribution in [0.25, 0.3) is 0 Å². The maximum Gasteiger partial charge on any atom is 0.0902 e. The summed E-state index contributed by atoms with van der Waals surface area (Å²) in [6.07, 6.45) is 5.92. The van der Waals surface area contributed by atoms with E-state index in [-0.39, 0.29) is 0 Å². The molecular weight excluding hydrogens is 220 g/mol. The Morgan fingerprint density at radius 1 is 1.22 bits per heavy atom. The van der Waals surface area contributed by atoms with Gasteiger partial charge in [0.05, 0.1) is 5.60 Å². The van der Waals surface area contributed by atoms with Crippen LogP contribution in [-0.2, 0) is 5.60 Å². The van der Waals surface area contributed by atoms with Crippen molar-refractivity contribution in [2.24, 2.45) is 11.8 Å². The molecule has 18 heavy (non-hydrogen) atoms. The van der Waals surface area contributed by atoms with Crippen molar-refractivity contribution in [1.29, 1.82) is 0 Å². The maximum atomic E-state index is 10.7. The van der Waals surface area contributed by atoms with Crippen LogP contribution in [0, 0.1) is 11.8 Å². The molecule has 2 aliphatic carbocycles. The highest BCUT2D eigenvalue weighted by Gasteiger charge is 2.45. The van der Waals surface area contributed by atoms with Gasteiger partial charge in [0.15, 0.2) is 0 Å². The molecule has 0 unspecified atom stereocenters. The van der Waals surface area contributed by atoms with Crippen molar-refractivity contribution in [2.45, 2.75) is 57.5 Å². The predicted molar refractivity (Wildman–Crippen MR) is 74.5 cm³/mol. The summed E-state index contributed by atoms with van der Waals surface area (Å²) >= 11 is 0. The second-order valence-electron chi connectivity index (χ2n) is 6.70. The van der Waals surface area contributed by atoms with E-state index in [1.807, 2.05) is 0 Å². The second-order valence-corrected chi connectivity index (χ2v) is 6.70. The number of aliphatic hydroxyl groups is 1. The van der Waals surface area contributed by atoms with Crippen LogP contribution in [0.15, 0.2) is 24.3 Å². The average Bonchev–Trinajstić information content (AvgIpc) is 2.22. The fraction of sp³-hybridized carbons (Fsp3) is 0.647. The molecule has 2 saturated carbocycles. The first-order chi connectivity index (χ1) is 8.58. The predicted octanol–water partition coefficient (Wildman–Crippen LogP) is 4.21. The van der Waals surface area contributed by atoms with E-state index in [4.69, 9.17) is 0 Å². The monoisotopic (exact) mass is 244 g/mol. The van der Waals surface area contributed by atoms with Crippen molar-refractivity contribution in [3.63, 3.8) is 0 Å². The number of hydrogen-bond donors (Lipinski definition) is 1. The Labute approximate surface area is 110 Å². The standard InChI is InChI=1S/C17H24O/c1-12(2)15-10-17(18,11-15)16-8-4-7-14(9-16)13-5-3-6-13/h4,7-9,12-13,15,18H,3,5-6,10-11H2,1-2H3. The van der Waals surface area contributed by atoms with Gasteiger partial charge in [0, 0.05) is 0 Å². The van der Waals surface area contributed by atoms with Gasteiger partial charge in [0.2, 0.25) is 0 Å². The maximum absolute atomic E-state index is 10.7. The van der Waals surface area contributed by atoms with Gasteiger partial charge in [0.25, 0.3) is 0 Å². The van der Waals surface area contributed by atoms with Gasteiger partial charge in [-0.15, -0.1) is 0 Å². The first kappa shape index (κ1) is 12.2. The molecule has 0 amide bonds. The van der Waals surface area contributed by atoms with E-state index >= 15 is 0 Å². The zero-order chi connectivity index (χ0) is 12.8. The molecule has 1 nitrogen and oxygen atoms in total. The van der Waals surface area contributed by atoms with E-state index < -0.39 is 5.60 Å². The molecule has 2 aliphatic rings. The molecule has 0 saturated heterocycles. The first-order valence-electron chi connectivity index (χ1n) is 7.41. The molecule has 1 aromatic carbocycles. The lowest BCUT2D eigenvalue weighted by Crippen LogP contribution is -2.43. The molecule has 1 heteroatoms. The van der Waals surface area contributed by atoms with Crippen molar-refractivity contribution in [3.8, 4) is 0 Å². The van der Waals surface area contributed by atoms with E-state index in [1.165, 1.54) is 24.8 Å². The molecule has 0 radical (unpaired) electrons. The Morgan fingerprint density at radius 2 is 1.94 bits per heavy atom. The Morgan fingerprint density at radius 3 is 2.50 bits per heavy atom. The fourth-order valence-corrected chi connectivity index (χ4v) is 3.34. The van der Waals surface area contributed by atoms with Crippen LogP contribution in [0.2, 0.25) is 0 Å². The molecule has 0 atom stereocenters. The third-order valence-corrected chi connectivity index (χ3v) is 5.14. The van der Waals surface area contributed by atoms with Gasteiger partial charge < -0.3 is 5.11 Å². The summed E-state index contributed by atoms with van der Waals surface area (Å²) < 4.78 is 0. The van der Waals surface area contributed by atoms with Crippen molar-refractivity contribution in [1.82, 2.24) is 0 Å². The van der Waals surface area contributed by atoms with Crippen molar-refractivity contribution >= 4 is 0 Å². The minimum atomic E-state index is -0.533. The summed E-state index contributed by atoms with van der Waals surface area (Å²) in [5.41, 5.74) is 2.07. The van der Waals surface area contributed by atoms with Crippen molar-refractivity contribution in [3.05, 3.63) is 35.4 Å². The van der Waals surface area contributed by atoms with Crippen LogP contribution in [0.5, 0.6) is 0 Å². The Kier molecular flexibility index (Phi) is 2.97. The fourth-order valence-electron chi connectivity index (χ4n) is 3.34. The van der Waals surface area contributed by atoms with Crippen LogP contribution >= 0.6 is 0 Å². The molecule has 0 bridgehead atoms. The summed E-state index contributed by atoms with van der Waals surface area (Å²) in [4.78, 5) is 0. The van der Waals surface area contributed by atoms with E-state index in [0.29, 0.717) is 11.8 Å². The summed E-state index contributed by atoms with van der Waals surface area (Å²) in [5, 5.41) is 10.7. The highest BCUT2D eigenvalue weighted by atomic mass is 16.3. The van der Waals surface area contributed by atoms with Gasteiger partial charge in [-0.2, -0.15) is 0 Å². The smallest absolute Gasteiger partial charge is 0.0902 e. The second kappa shape index (κ2) is 4.38. The molecule has 0 spiro atoms. The van der Waals surface area contributed by atoms with E-state index in [9.17, 15) is 5.11 Å². The summed E-state index contributed by atoms with van der Waals surface area (Å²) in [6, 6.07) is 8.73. The molecule has 3 rings (SSSR count). The highest BCUT2D eigenvalue weighted by Crippen LogP contribution is 2.49. The Bertz CT molecular complexity index is 425. The van der Waals surface area contributed by atoms with Crippen molar-refractivity contribution in [2.75, 3.05) is 0 Å². The normalized spacial score (nSPS) is 32.1. The number of hydrogen-bond acceptors (Lipinski definition) is 1. The Hall–Kier alpha value is -0.820. The van der Waals surface area contributed by atoms with E-state index in [1.54, 1.807) is 0 Å². The average molecular weight is 244 g/mol. The zero-order valence-corrected chi connectivity index (χ0v) is 11.5. The van der Waals surface area contributed by atoms with Gasteiger partial charge in [-0.1, -0.05) is 44.5 Å². The Balaban J connectivity index is 1.76. The summed E-state index contributed by atoms with van der Waals surface area (Å²) in [7, 11) is 0. The van der Waals surface area contributed by atoms with E-state index in [2.05, 4.69) is 38.1 Å². The van der Waals surface area contributed by atoms with Crippen molar-refractivity contribution < 1.29 is 5.11 Å². The molecule has 1 aromatic rings. The lowest BCUT2D eigenvalue weighted by Gasteiger charge is -2.46. The van der Waals surface area contributed by atoms with Crippen LogP contribution in [0.3, 0.4) is 0 Å². The van der Waals surface area contributed by atoms with Gasteiger partial charge in [-0.25, -0.2) is 0 Å². The molecule has 98 valence electrons. The molecular formula is C17H24O. The molecule has 0 aromatic heterocycles. The quantitative estimate of drug-likeness (QED) is 0.844. The van der Waals surface area contributed by atoms with E-state index in [0.717, 1.165) is 24.3 Å². The van der Waals surface area contributed by atoms with Gasteiger partial charge in [-0.3, -0.25) is 0 Å². The third-order valence-electron chi connectivity index (χ3n) is 5.14. The van der Waals surface area contributed by atoms with Gasteiger partial charge in [0.1, 0.15) is 0 Å². The lowest BCUT2D eigenvalue weighted by atomic mass is 9.63. The van der Waals surface area contributed by atoms with Crippen LogP contribution in [0.1, 0.15) is 63.0 Å². The largest absolute Gasteiger partial charge is 0.385 e. The third kappa shape index (κ3) is 1.99. The molecule has 0 heterocycles. The summed E-state index contributed by atoms with van der Waals surface area (Å²) in [5.74, 6) is 2.15. The highest BCUT2D eigenvalue weighted by molar-refractivity contribution is 5.33. The summed E-state index contributed by atoms with van der Waals surface area (Å²) in [6.45, 7) is 4.52. The first-order valence-corrected chi connectivity index (χ1v) is 7.41. The minimum absolute atomic E-state index is 0.533. The number of rotatable bonds is 3. The SMILES string of the molecule is CC(C)C1CC(O)(c2cccc(C3CCC3)c2)C1. The lowest BCUT2D eigenvalue weighted by molar-refractivity contribution is -0.0934. The topological polar surface area (TPSA) is 20.2 Å². The minimum Gasteiger partial charge on any atom is -0.385 e. The molecule has 0 aliphatic heterocycles. The molecule has 1 N–H and O–H groups in total. The van der Waals surface area contributed by atoms with Crippen LogP contribution in [0.4, 0.5) is 0 Å². The van der Waals surface area contributed by atoms with Crippen LogP contribution < -0.4 is 0 Å². The van der Waals surface area contributed by atoms with Gasteiger partial charge in [-0.05, 0) is 54.6 Å². The molecule has 2 fully saturated rings. The number of benzene rings is 1. The van der Waals surface area contributed by atoms with Gasteiger partial charge >= 0.3 is 0 Å². The van der Waals surface area contributed by atoms with Crippen LogP contribution in [-0.4, -0.2) is 5.11 Å². The zero-order valence-electron chi connectivity index (χ0n) is 11.5.